The Morgan fingerprint density at radius 2 is 1.85 bits per heavy atom. The van der Waals surface area contributed by atoms with Crippen molar-refractivity contribution in [3.63, 3.8) is 0 Å². The first kappa shape index (κ1) is 22.9. The number of alkyl halides is 1. The molecule has 0 fully saturated rings. The molecule has 0 radical (unpaired) electrons. The zero-order chi connectivity index (χ0) is 23.9. The van der Waals surface area contributed by atoms with E-state index in [-0.39, 0.29) is 29.4 Å². The van der Waals surface area contributed by atoms with Crippen molar-refractivity contribution in [2.24, 2.45) is 0 Å². The Balaban J connectivity index is 1.75. The van der Waals surface area contributed by atoms with Crippen LogP contribution in [-0.4, -0.2) is 23.2 Å². The number of aromatic nitrogens is 1. The molecule has 1 atom stereocenters. The summed E-state index contributed by atoms with van der Waals surface area (Å²) in [6, 6.07) is 16.1. The van der Waals surface area contributed by atoms with Crippen molar-refractivity contribution in [2.75, 3.05) is 17.3 Å². The van der Waals surface area contributed by atoms with Crippen molar-refractivity contribution in [1.29, 1.82) is 0 Å². The monoisotopic (exact) mass is 464 g/mol. The van der Waals surface area contributed by atoms with Crippen LogP contribution in [0.2, 0.25) is 0 Å². The molecule has 1 aromatic heterocycles. The lowest BCUT2D eigenvalue weighted by Gasteiger charge is -2.25. The Kier molecular flexibility index (Phi) is 6.21. The number of hydrogen-bond acceptors (Lipinski definition) is 4. The normalized spacial score (nSPS) is 15.1. The number of hydrogen-bond donors (Lipinski definition) is 2. The molecule has 4 rings (SSSR count). The number of nitrogens with zero attached hydrogens (tertiary/aromatic N) is 2. The van der Waals surface area contributed by atoms with Crippen LogP contribution in [0.5, 0.6) is 0 Å². The molecule has 0 bridgehead atoms. The molecule has 3 N–H and O–H groups in total. The Bertz CT molecular complexity index is 1270. The van der Waals surface area contributed by atoms with Gasteiger partial charge in [-0.1, -0.05) is 30.3 Å². The average molecular weight is 465 g/mol. The largest absolute Gasteiger partial charge is 0.367 e. The van der Waals surface area contributed by atoms with E-state index in [9.17, 15) is 9.59 Å². The number of halogens is 1. The van der Waals surface area contributed by atoms with Crippen molar-refractivity contribution in [2.45, 2.75) is 45.7 Å². The number of anilines is 1. The number of nitrogens with one attached hydrogen (secondary N) is 1. The maximum absolute atomic E-state index is 13.4. The highest BCUT2D eigenvalue weighted by atomic mass is 35.5. The molecule has 0 aliphatic carbocycles. The first-order valence-corrected chi connectivity index (χ1v) is 11.5. The number of benzene rings is 2. The molecule has 7 heteroatoms. The maximum atomic E-state index is 13.4. The summed E-state index contributed by atoms with van der Waals surface area (Å²) in [6.07, 6.45) is 0. The number of nitrogens with two attached hydrogens (primary N) is 1. The van der Waals surface area contributed by atoms with Crippen LogP contribution in [0.4, 0.5) is 5.69 Å². The fraction of sp³-hybridized carbons (Fsp3) is 0.308. The number of fused-ring (bicyclic) bond motifs is 1. The first-order valence-electron chi connectivity index (χ1n) is 11.1. The van der Waals surface area contributed by atoms with E-state index < -0.39 is 0 Å². The summed E-state index contributed by atoms with van der Waals surface area (Å²) < 4.78 is 1.11. The van der Waals surface area contributed by atoms with E-state index >= 15 is 0 Å². The number of carbonyl (C=O) groups excluding carboxylic acids is 1. The van der Waals surface area contributed by atoms with E-state index in [2.05, 4.69) is 30.1 Å². The molecule has 1 aliphatic rings. The van der Waals surface area contributed by atoms with E-state index in [1.165, 1.54) is 0 Å². The SMILES string of the molecule is Cc1cc(C)n(N)c(=O)c1CNC(=O)c1cc(-c2ccccc2)cc2c1C(Cl)CN2C(C)C. The summed E-state index contributed by atoms with van der Waals surface area (Å²) in [5, 5.41) is 2.64. The van der Waals surface area contributed by atoms with Gasteiger partial charge in [0.2, 0.25) is 0 Å². The molecule has 3 aromatic rings. The molecule has 1 unspecified atom stereocenters. The van der Waals surface area contributed by atoms with Crippen LogP contribution in [0, 0.1) is 13.8 Å². The van der Waals surface area contributed by atoms with E-state index in [1.807, 2.05) is 49.4 Å². The highest BCUT2D eigenvalue weighted by molar-refractivity contribution is 6.23. The van der Waals surface area contributed by atoms with Crippen LogP contribution in [0.25, 0.3) is 11.1 Å². The van der Waals surface area contributed by atoms with E-state index in [0.29, 0.717) is 23.4 Å². The third-order valence-corrected chi connectivity index (χ3v) is 6.65. The molecule has 1 amide bonds. The second-order valence-corrected chi connectivity index (χ2v) is 9.37. The first-order chi connectivity index (χ1) is 15.7. The number of amides is 1. The zero-order valence-electron chi connectivity index (χ0n) is 19.4. The summed E-state index contributed by atoms with van der Waals surface area (Å²) in [4.78, 5) is 28.3. The van der Waals surface area contributed by atoms with Gasteiger partial charge in [-0.15, -0.1) is 11.6 Å². The van der Waals surface area contributed by atoms with E-state index in [4.69, 9.17) is 17.4 Å². The molecule has 172 valence electrons. The Hall–Kier alpha value is -3.25. The standard InChI is InChI=1S/C26H29ClN4O2/c1-15(2)30-14-22(27)24-20(11-19(12-23(24)30)18-8-6-5-7-9-18)25(32)29-13-21-16(3)10-17(4)31(28)26(21)33/h5-12,15,22H,13-14,28H2,1-4H3,(H,29,32). The zero-order valence-corrected chi connectivity index (χ0v) is 20.1. The van der Waals surface area contributed by atoms with Crippen molar-refractivity contribution < 1.29 is 4.79 Å². The molecule has 2 heterocycles. The number of aryl methyl sites for hydroxylation is 2. The summed E-state index contributed by atoms with van der Waals surface area (Å²) in [5.74, 6) is 5.60. The number of carbonyl (C=O) groups is 1. The number of rotatable bonds is 5. The molecular formula is C26H29ClN4O2. The highest BCUT2D eigenvalue weighted by Crippen LogP contribution is 2.44. The highest BCUT2D eigenvalue weighted by Gasteiger charge is 2.33. The van der Waals surface area contributed by atoms with Crippen molar-refractivity contribution in [3.05, 3.63) is 86.8 Å². The van der Waals surface area contributed by atoms with Crippen LogP contribution in [0.3, 0.4) is 0 Å². The molecule has 1 aliphatic heterocycles. The summed E-state index contributed by atoms with van der Waals surface area (Å²) in [7, 11) is 0. The van der Waals surface area contributed by atoms with Gasteiger partial charge < -0.3 is 16.1 Å². The maximum Gasteiger partial charge on any atom is 0.274 e. The van der Waals surface area contributed by atoms with Gasteiger partial charge in [-0.3, -0.25) is 9.59 Å². The third-order valence-electron chi connectivity index (χ3n) is 6.30. The summed E-state index contributed by atoms with van der Waals surface area (Å²) >= 11 is 6.74. The van der Waals surface area contributed by atoms with E-state index in [1.54, 1.807) is 6.92 Å². The van der Waals surface area contributed by atoms with E-state index in [0.717, 1.165) is 32.6 Å². The van der Waals surface area contributed by atoms with Crippen molar-refractivity contribution in [1.82, 2.24) is 9.99 Å². The Morgan fingerprint density at radius 3 is 2.52 bits per heavy atom. The molecule has 33 heavy (non-hydrogen) atoms. The van der Waals surface area contributed by atoms with Gasteiger partial charge in [-0.25, -0.2) is 4.68 Å². The van der Waals surface area contributed by atoms with Gasteiger partial charge in [0.15, 0.2) is 0 Å². The fourth-order valence-electron chi connectivity index (χ4n) is 4.46. The smallest absolute Gasteiger partial charge is 0.274 e. The summed E-state index contributed by atoms with van der Waals surface area (Å²) in [5.41, 5.74) is 5.95. The van der Waals surface area contributed by atoms with Crippen LogP contribution >= 0.6 is 11.6 Å². The van der Waals surface area contributed by atoms with Gasteiger partial charge in [0.25, 0.3) is 11.5 Å². The second-order valence-electron chi connectivity index (χ2n) is 8.84. The Labute approximate surface area is 198 Å². The lowest BCUT2D eigenvalue weighted by molar-refractivity contribution is 0.0950. The van der Waals surface area contributed by atoms with Gasteiger partial charge in [-0.05, 0) is 62.6 Å². The Morgan fingerprint density at radius 1 is 1.15 bits per heavy atom. The molecule has 2 aromatic carbocycles. The van der Waals surface area contributed by atoms with Crippen LogP contribution in [0.15, 0.2) is 53.3 Å². The predicted molar refractivity (Wildman–Crippen MR) is 134 cm³/mol. The summed E-state index contributed by atoms with van der Waals surface area (Å²) in [6.45, 7) is 8.58. The molecule has 6 nitrogen and oxygen atoms in total. The lowest BCUT2D eigenvalue weighted by atomic mass is 9.96. The predicted octanol–water partition coefficient (Wildman–Crippen LogP) is 4.28. The van der Waals surface area contributed by atoms with Gasteiger partial charge >= 0.3 is 0 Å². The second kappa shape index (κ2) is 8.94. The van der Waals surface area contributed by atoms with Crippen LogP contribution in [-0.2, 0) is 6.54 Å². The molecule has 0 saturated carbocycles. The van der Waals surface area contributed by atoms with Gasteiger partial charge in [0.1, 0.15) is 0 Å². The number of pyridine rings is 1. The molecule has 0 spiro atoms. The van der Waals surface area contributed by atoms with Gasteiger partial charge in [-0.2, -0.15) is 0 Å². The van der Waals surface area contributed by atoms with Crippen molar-refractivity contribution >= 4 is 23.2 Å². The van der Waals surface area contributed by atoms with Crippen LogP contribution in [0.1, 0.15) is 52.0 Å². The molecular weight excluding hydrogens is 436 g/mol. The van der Waals surface area contributed by atoms with Crippen molar-refractivity contribution in [3.8, 4) is 11.1 Å². The minimum Gasteiger partial charge on any atom is -0.367 e. The topological polar surface area (TPSA) is 80.4 Å². The molecule has 0 saturated heterocycles. The third kappa shape index (κ3) is 4.23. The van der Waals surface area contributed by atoms with Gasteiger partial charge in [0, 0.05) is 47.2 Å². The minimum absolute atomic E-state index is 0.0894. The van der Waals surface area contributed by atoms with Crippen LogP contribution < -0.4 is 21.6 Å². The minimum atomic E-state index is -0.308. The quantitative estimate of drug-likeness (QED) is 0.436. The number of nitrogen functional groups attached to an aromatic ring is 1. The average Bonchev–Trinajstić information content (AvgIpc) is 3.14. The fourth-order valence-corrected chi connectivity index (χ4v) is 4.84. The lowest BCUT2D eigenvalue weighted by Crippen LogP contribution is -2.35. The van der Waals surface area contributed by atoms with Gasteiger partial charge in [0.05, 0.1) is 5.38 Å².